The van der Waals surface area contributed by atoms with E-state index in [1.165, 1.54) is 0 Å². The fraction of sp³-hybridized carbons (Fsp3) is 0.167. The summed E-state index contributed by atoms with van der Waals surface area (Å²) in [7, 11) is 0. The molecule has 0 saturated heterocycles. The maximum absolute atomic E-state index is 8.93. The van der Waals surface area contributed by atoms with Crippen LogP contribution in [0.5, 0.6) is 0 Å². The van der Waals surface area contributed by atoms with Crippen LogP contribution in [0.25, 0.3) is 0 Å². The van der Waals surface area contributed by atoms with Gasteiger partial charge in [-0.05, 0) is 24.6 Å². The zero-order chi connectivity index (χ0) is 10.7. The van der Waals surface area contributed by atoms with Crippen molar-refractivity contribution in [2.75, 3.05) is 0 Å². The second-order valence-corrected chi connectivity index (χ2v) is 3.48. The predicted octanol–water partition coefficient (Wildman–Crippen LogP) is 2.18. The van der Waals surface area contributed by atoms with E-state index in [9.17, 15) is 0 Å². The van der Waals surface area contributed by atoms with Crippen molar-refractivity contribution in [2.24, 2.45) is 0 Å². The van der Waals surface area contributed by atoms with Crippen molar-refractivity contribution < 1.29 is 0 Å². The van der Waals surface area contributed by atoms with E-state index in [2.05, 4.69) is 16.3 Å². The normalized spacial score (nSPS) is 9.87. The second kappa shape index (κ2) is 3.97. The number of aromatic amines is 1. The van der Waals surface area contributed by atoms with E-state index in [4.69, 9.17) is 5.26 Å². The minimum atomic E-state index is 0.727. The summed E-state index contributed by atoms with van der Waals surface area (Å²) in [4.78, 5) is 0. The van der Waals surface area contributed by atoms with Crippen molar-refractivity contribution >= 4 is 0 Å². The third-order valence-electron chi connectivity index (χ3n) is 2.28. The van der Waals surface area contributed by atoms with Gasteiger partial charge in [0.15, 0.2) is 0 Å². The molecule has 0 aliphatic heterocycles. The number of aromatic nitrogens is 2. The number of rotatable bonds is 2. The van der Waals surface area contributed by atoms with Crippen molar-refractivity contribution in [3.8, 4) is 6.07 Å². The first-order valence-electron chi connectivity index (χ1n) is 4.78. The Morgan fingerprint density at radius 3 is 2.87 bits per heavy atom. The fourth-order valence-electron chi connectivity index (χ4n) is 1.56. The van der Waals surface area contributed by atoms with Crippen LogP contribution in [0.2, 0.25) is 0 Å². The molecule has 0 aliphatic rings. The van der Waals surface area contributed by atoms with E-state index in [0.29, 0.717) is 0 Å². The lowest BCUT2D eigenvalue weighted by Crippen LogP contribution is -1.92. The van der Waals surface area contributed by atoms with Gasteiger partial charge in [-0.1, -0.05) is 18.2 Å². The number of hydrogen-bond acceptors (Lipinski definition) is 2. The second-order valence-electron chi connectivity index (χ2n) is 3.48. The highest BCUT2D eigenvalue weighted by Crippen LogP contribution is 2.12. The molecule has 1 aromatic carbocycles. The Balaban J connectivity index is 2.28. The molecule has 0 unspecified atom stereocenters. The van der Waals surface area contributed by atoms with E-state index < -0.39 is 0 Å². The quantitative estimate of drug-likeness (QED) is 0.802. The Kier molecular flexibility index (Phi) is 2.51. The lowest BCUT2D eigenvalue weighted by Gasteiger charge is -2.00. The van der Waals surface area contributed by atoms with E-state index >= 15 is 0 Å². The molecule has 1 N–H and O–H groups in total. The number of hydrogen-bond donors (Lipinski definition) is 1. The molecule has 3 nitrogen and oxygen atoms in total. The highest BCUT2D eigenvalue weighted by molar-refractivity contribution is 5.39. The molecule has 2 aromatic rings. The summed E-state index contributed by atoms with van der Waals surface area (Å²) >= 11 is 0. The summed E-state index contributed by atoms with van der Waals surface area (Å²) < 4.78 is 0. The number of H-pyrrole nitrogens is 1. The summed E-state index contributed by atoms with van der Waals surface area (Å²) in [5, 5.41) is 15.9. The molecule has 3 heteroatoms. The number of aryl methyl sites for hydroxylation is 1. The van der Waals surface area contributed by atoms with Crippen molar-refractivity contribution in [1.29, 1.82) is 5.26 Å². The van der Waals surface area contributed by atoms with Gasteiger partial charge in [-0.15, -0.1) is 0 Å². The van der Waals surface area contributed by atoms with Crippen LogP contribution in [0.1, 0.15) is 22.5 Å². The molecule has 2 rings (SSSR count). The lowest BCUT2D eigenvalue weighted by atomic mass is 10.0. The zero-order valence-corrected chi connectivity index (χ0v) is 8.49. The predicted molar refractivity (Wildman–Crippen MR) is 57.3 cm³/mol. The maximum Gasteiger partial charge on any atom is 0.0994 e. The van der Waals surface area contributed by atoms with Crippen LogP contribution < -0.4 is 0 Å². The van der Waals surface area contributed by atoms with Gasteiger partial charge in [0, 0.05) is 12.1 Å². The third-order valence-corrected chi connectivity index (χ3v) is 2.28. The molecule has 15 heavy (non-hydrogen) atoms. The Morgan fingerprint density at radius 2 is 2.20 bits per heavy atom. The number of nitriles is 1. The van der Waals surface area contributed by atoms with Crippen molar-refractivity contribution in [1.82, 2.24) is 10.2 Å². The minimum absolute atomic E-state index is 0.727. The number of benzene rings is 1. The molecule has 0 aliphatic carbocycles. The lowest BCUT2D eigenvalue weighted by molar-refractivity contribution is 0.978. The van der Waals surface area contributed by atoms with Gasteiger partial charge in [-0.3, -0.25) is 5.10 Å². The van der Waals surface area contributed by atoms with Crippen LogP contribution in [0.15, 0.2) is 30.3 Å². The van der Waals surface area contributed by atoms with Crippen molar-refractivity contribution in [3.05, 3.63) is 52.8 Å². The molecule has 0 bridgehead atoms. The summed E-state index contributed by atoms with van der Waals surface area (Å²) in [5.74, 6) is 0. The summed E-state index contributed by atoms with van der Waals surface area (Å²) in [6, 6.07) is 11.8. The number of nitrogens with zero attached hydrogens (tertiary/aromatic N) is 2. The van der Waals surface area contributed by atoms with Gasteiger partial charge in [0.05, 0.1) is 17.3 Å². The highest BCUT2D eigenvalue weighted by atomic mass is 15.1. The van der Waals surface area contributed by atoms with Gasteiger partial charge >= 0.3 is 0 Å². The summed E-state index contributed by atoms with van der Waals surface area (Å²) in [6.45, 7) is 1.94. The van der Waals surface area contributed by atoms with Crippen LogP contribution in [-0.4, -0.2) is 10.2 Å². The average Bonchev–Trinajstić information content (AvgIpc) is 2.65. The van der Waals surface area contributed by atoms with Crippen LogP contribution in [-0.2, 0) is 6.42 Å². The highest BCUT2D eigenvalue weighted by Gasteiger charge is 2.03. The van der Waals surface area contributed by atoms with Crippen molar-refractivity contribution in [3.63, 3.8) is 0 Å². The largest absolute Gasteiger partial charge is 0.282 e. The summed E-state index contributed by atoms with van der Waals surface area (Å²) in [5.41, 5.74) is 3.77. The van der Waals surface area contributed by atoms with Crippen LogP contribution in [0.3, 0.4) is 0 Å². The van der Waals surface area contributed by atoms with Gasteiger partial charge in [0.2, 0.25) is 0 Å². The van der Waals surface area contributed by atoms with Crippen LogP contribution >= 0.6 is 0 Å². The standard InChI is InChI=1S/C12H11N3/c1-9-6-12(15-14-9)7-10-4-2-3-5-11(10)8-13/h2-6H,7H2,1H3,(H,14,15). The van der Waals surface area contributed by atoms with Gasteiger partial charge in [0.25, 0.3) is 0 Å². The Morgan fingerprint density at radius 1 is 1.40 bits per heavy atom. The number of nitrogens with one attached hydrogen (secondary N) is 1. The summed E-state index contributed by atoms with van der Waals surface area (Å²) in [6.07, 6.45) is 0.727. The van der Waals surface area contributed by atoms with E-state index in [0.717, 1.165) is 28.9 Å². The molecule has 0 atom stereocenters. The van der Waals surface area contributed by atoms with Gasteiger partial charge in [-0.2, -0.15) is 10.4 Å². The first kappa shape index (κ1) is 9.47. The fourth-order valence-corrected chi connectivity index (χ4v) is 1.56. The Labute approximate surface area is 88.4 Å². The molecule has 0 radical (unpaired) electrons. The SMILES string of the molecule is Cc1cc(Cc2ccccc2C#N)[nH]n1. The average molecular weight is 197 g/mol. The molecule has 0 amide bonds. The van der Waals surface area contributed by atoms with Crippen LogP contribution in [0.4, 0.5) is 0 Å². The molecular weight excluding hydrogens is 186 g/mol. The van der Waals surface area contributed by atoms with E-state index in [1.54, 1.807) is 0 Å². The van der Waals surface area contributed by atoms with Gasteiger partial charge < -0.3 is 0 Å². The monoisotopic (exact) mass is 197 g/mol. The van der Waals surface area contributed by atoms with E-state index in [1.807, 2.05) is 37.3 Å². The van der Waals surface area contributed by atoms with Gasteiger partial charge in [0.1, 0.15) is 0 Å². The molecule has 74 valence electrons. The molecule has 0 saturated carbocycles. The molecule has 1 aromatic heterocycles. The van der Waals surface area contributed by atoms with Crippen molar-refractivity contribution in [2.45, 2.75) is 13.3 Å². The molecular formula is C12H11N3. The van der Waals surface area contributed by atoms with E-state index in [-0.39, 0.29) is 0 Å². The van der Waals surface area contributed by atoms with Gasteiger partial charge in [-0.25, -0.2) is 0 Å². The molecule has 1 heterocycles. The topological polar surface area (TPSA) is 52.5 Å². The maximum atomic E-state index is 8.93. The minimum Gasteiger partial charge on any atom is -0.282 e. The zero-order valence-electron chi connectivity index (χ0n) is 8.49. The molecule has 0 spiro atoms. The smallest absolute Gasteiger partial charge is 0.0994 e. The van der Waals surface area contributed by atoms with Crippen LogP contribution in [0, 0.1) is 18.3 Å². The Hall–Kier alpha value is -2.08. The molecule has 0 fully saturated rings. The third kappa shape index (κ3) is 2.05. The first-order chi connectivity index (χ1) is 7.29. The Bertz CT molecular complexity index is 506. The first-order valence-corrected chi connectivity index (χ1v) is 4.78.